The van der Waals surface area contributed by atoms with E-state index in [0.717, 1.165) is 17.7 Å². The van der Waals surface area contributed by atoms with Crippen molar-refractivity contribution in [1.82, 2.24) is 9.97 Å². The number of carbonyl (C=O) groups excluding carboxylic acids is 3. The third-order valence-corrected chi connectivity index (χ3v) is 6.84. The Hall–Kier alpha value is -2.82. The minimum atomic E-state index is -0.476. The first-order valence-electron chi connectivity index (χ1n) is 9.49. The van der Waals surface area contributed by atoms with Crippen molar-refractivity contribution in [2.45, 2.75) is 31.6 Å². The van der Waals surface area contributed by atoms with Crippen LogP contribution in [0.2, 0.25) is 5.02 Å². The molecule has 0 aliphatic heterocycles. The van der Waals surface area contributed by atoms with E-state index >= 15 is 0 Å². The Labute approximate surface area is 190 Å². The number of aryl methyl sites for hydroxylation is 1. The Morgan fingerprint density at radius 1 is 1.13 bits per heavy atom. The zero-order chi connectivity index (χ0) is 22.0. The molecule has 1 aromatic carbocycles. The summed E-state index contributed by atoms with van der Waals surface area (Å²) >= 11 is 8.50. The number of hydrogen-bond acceptors (Lipinski definition) is 7. The van der Waals surface area contributed by atoms with Gasteiger partial charge >= 0.3 is 0 Å². The average molecular weight is 476 g/mol. The maximum atomic E-state index is 12.9. The molecule has 8 nitrogen and oxygen atoms in total. The fourth-order valence-electron chi connectivity index (χ4n) is 3.31. The molecule has 2 heterocycles. The van der Waals surface area contributed by atoms with Gasteiger partial charge in [-0.05, 0) is 43.5 Å². The molecule has 4 rings (SSSR count). The number of primary amides is 1. The minimum Gasteiger partial charge on any atom is -0.369 e. The molecule has 0 spiro atoms. The van der Waals surface area contributed by atoms with Crippen LogP contribution in [0.4, 0.5) is 10.3 Å². The van der Waals surface area contributed by atoms with Crippen molar-refractivity contribution >= 4 is 62.3 Å². The Bertz CT molecular complexity index is 1140. The van der Waals surface area contributed by atoms with Gasteiger partial charge in [0, 0.05) is 20.8 Å². The van der Waals surface area contributed by atoms with Crippen molar-refractivity contribution < 1.29 is 14.4 Å². The number of anilines is 2. The minimum absolute atomic E-state index is 0.0305. The molecule has 0 bridgehead atoms. The normalized spacial score (nSPS) is 15.2. The molecule has 1 unspecified atom stereocenters. The average Bonchev–Trinajstić information content (AvgIpc) is 3.33. The van der Waals surface area contributed by atoms with Gasteiger partial charge in [-0.1, -0.05) is 11.6 Å². The number of aromatic nitrogens is 2. The number of benzene rings is 1. The topological polar surface area (TPSA) is 127 Å². The molecule has 3 aromatic rings. The number of carbonyl (C=O) groups is 3. The molecule has 0 fully saturated rings. The highest BCUT2D eigenvalue weighted by Crippen LogP contribution is 2.37. The monoisotopic (exact) mass is 475 g/mol. The number of thiazole rings is 2. The number of halogens is 1. The molecular weight excluding hydrogens is 458 g/mol. The summed E-state index contributed by atoms with van der Waals surface area (Å²) in [6.45, 7) is 0. The van der Waals surface area contributed by atoms with Crippen molar-refractivity contribution in [2.24, 2.45) is 5.73 Å². The van der Waals surface area contributed by atoms with E-state index in [1.807, 2.05) is 0 Å². The van der Waals surface area contributed by atoms with Crippen molar-refractivity contribution in [3.63, 3.8) is 0 Å². The summed E-state index contributed by atoms with van der Waals surface area (Å²) in [6, 6.07) is 6.58. The van der Waals surface area contributed by atoms with Gasteiger partial charge in [0.1, 0.15) is 0 Å². The largest absolute Gasteiger partial charge is 0.369 e. The second kappa shape index (κ2) is 9.13. The third kappa shape index (κ3) is 5.09. The molecule has 3 amide bonds. The van der Waals surface area contributed by atoms with Gasteiger partial charge in [-0.3, -0.25) is 19.7 Å². The van der Waals surface area contributed by atoms with Gasteiger partial charge in [0.05, 0.1) is 23.7 Å². The quantitative estimate of drug-likeness (QED) is 0.502. The van der Waals surface area contributed by atoms with Crippen molar-refractivity contribution in [2.75, 3.05) is 10.6 Å². The second-order valence-electron chi connectivity index (χ2n) is 7.01. The van der Waals surface area contributed by atoms with E-state index < -0.39 is 11.8 Å². The first kappa shape index (κ1) is 21.4. The van der Waals surface area contributed by atoms with Crippen LogP contribution >= 0.6 is 34.3 Å². The van der Waals surface area contributed by atoms with E-state index in [9.17, 15) is 14.4 Å². The lowest BCUT2D eigenvalue weighted by atomic mass is 9.90. The zero-order valence-corrected chi connectivity index (χ0v) is 18.6. The van der Waals surface area contributed by atoms with Crippen molar-refractivity contribution in [3.05, 3.63) is 56.5 Å². The van der Waals surface area contributed by atoms with E-state index in [4.69, 9.17) is 17.3 Å². The Kier molecular flexibility index (Phi) is 6.30. The van der Waals surface area contributed by atoms with Crippen LogP contribution in [0, 0.1) is 0 Å². The van der Waals surface area contributed by atoms with Crippen LogP contribution in [0.5, 0.6) is 0 Å². The van der Waals surface area contributed by atoms with Crippen LogP contribution in [-0.2, 0) is 22.4 Å². The van der Waals surface area contributed by atoms with Crippen LogP contribution in [0.25, 0.3) is 0 Å². The molecule has 1 atom stereocenters. The second-order valence-corrected chi connectivity index (χ2v) is 9.39. The van der Waals surface area contributed by atoms with Crippen LogP contribution in [0.3, 0.4) is 0 Å². The van der Waals surface area contributed by atoms with Crippen LogP contribution < -0.4 is 16.4 Å². The first-order valence-corrected chi connectivity index (χ1v) is 11.6. The van der Waals surface area contributed by atoms with E-state index in [-0.39, 0.29) is 18.2 Å². The fourth-order valence-corrected chi connectivity index (χ4v) is 5.21. The number of nitrogens with one attached hydrogen (secondary N) is 2. The smallest absolute Gasteiger partial charge is 0.257 e. The molecular formula is C20H18ClN5O3S2. The molecule has 31 heavy (non-hydrogen) atoms. The van der Waals surface area contributed by atoms with Gasteiger partial charge in [-0.25, -0.2) is 9.97 Å². The highest BCUT2D eigenvalue weighted by molar-refractivity contribution is 7.16. The van der Waals surface area contributed by atoms with Gasteiger partial charge in [0.15, 0.2) is 10.3 Å². The predicted molar refractivity (Wildman–Crippen MR) is 121 cm³/mol. The standard InChI is InChI=1S/C20H18ClN5O3S2/c21-11-6-4-10(5-7-11)17(28)25-20-24-16-13(2-1-3-14(16)31-20)18(29)26-19-23-12(9-30-19)8-15(22)27/h4-7,9,13H,1-3,8H2,(H2,22,27)(H,23,26,29)(H,24,25,28). The van der Waals surface area contributed by atoms with Gasteiger partial charge < -0.3 is 11.1 Å². The summed E-state index contributed by atoms with van der Waals surface area (Å²) < 4.78 is 0. The lowest BCUT2D eigenvalue weighted by molar-refractivity contribution is -0.118. The molecule has 1 aliphatic carbocycles. The third-order valence-electron chi connectivity index (χ3n) is 4.73. The zero-order valence-electron chi connectivity index (χ0n) is 16.2. The van der Waals surface area contributed by atoms with E-state index in [2.05, 4.69) is 20.6 Å². The van der Waals surface area contributed by atoms with E-state index in [1.165, 1.54) is 22.7 Å². The highest BCUT2D eigenvalue weighted by Gasteiger charge is 2.31. The van der Waals surface area contributed by atoms with Crippen molar-refractivity contribution in [1.29, 1.82) is 0 Å². The predicted octanol–water partition coefficient (Wildman–Crippen LogP) is 3.59. The van der Waals surface area contributed by atoms with Gasteiger partial charge in [-0.15, -0.1) is 22.7 Å². The summed E-state index contributed by atoms with van der Waals surface area (Å²) in [5.41, 5.74) is 6.87. The molecule has 160 valence electrons. The number of hydrogen-bond donors (Lipinski definition) is 3. The summed E-state index contributed by atoms with van der Waals surface area (Å²) in [6.07, 6.45) is 2.35. The maximum Gasteiger partial charge on any atom is 0.257 e. The lowest BCUT2D eigenvalue weighted by Crippen LogP contribution is -2.24. The highest BCUT2D eigenvalue weighted by atomic mass is 35.5. The summed E-state index contributed by atoms with van der Waals surface area (Å²) in [7, 11) is 0. The number of nitrogens with zero attached hydrogens (tertiary/aromatic N) is 2. The summed E-state index contributed by atoms with van der Waals surface area (Å²) in [4.78, 5) is 46.1. The van der Waals surface area contributed by atoms with E-state index in [0.29, 0.717) is 38.7 Å². The number of fused-ring (bicyclic) bond motifs is 1. The Morgan fingerprint density at radius 3 is 2.65 bits per heavy atom. The summed E-state index contributed by atoms with van der Waals surface area (Å²) in [5, 5.41) is 8.74. The van der Waals surface area contributed by atoms with Crippen LogP contribution in [0.1, 0.15) is 45.4 Å². The molecule has 2 aromatic heterocycles. The molecule has 1 aliphatic rings. The lowest BCUT2D eigenvalue weighted by Gasteiger charge is -2.19. The molecule has 0 radical (unpaired) electrons. The van der Waals surface area contributed by atoms with Crippen LogP contribution in [0.15, 0.2) is 29.6 Å². The van der Waals surface area contributed by atoms with Gasteiger partial charge in [-0.2, -0.15) is 0 Å². The SMILES string of the molecule is NC(=O)Cc1csc(NC(=O)C2CCCc3sc(NC(=O)c4ccc(Cl)cc4)nc32)n1. The Morgan fingerprint density at radius 2 is 1.90 bits per heavy atom. The number of rotatable bonds is 6. The van der Waals surface area contributed by atoms with Gasteiger partial charge in [0.25, 0.3) is 5.91 Å². The van der Waals surface area contributed by atoms with Crippen LogP contribution in [-0.4, -0.2) is 27.7 Å². The number of nitrogens with two attached hydrogens (primary N) is 1. The number of amides is 3. The van der Waals surface area contributed by atoms with E-state index in [1.54, 1.807) is 29.6 Å². The first-order chi connectivity index (χ1) is 14.9. The van der Waals surface area contributed by atoms with Gasteiger partial charge in [0.2, 0.25) is 11.8 Å². The maximum absolute atomic E-state index is 12.9. The molecule has 0 saturated heterocycles. The molecule has 4 N–H and O–H groups in total. The molecule has 0 saturated carbocycles. The summed E-state index contributed by atoms with van der Waals surface area (Å²) in [5.74, 6) is -1.39. The fraction of sp³-hybridized carbons (Fsp3) is 0.250. The molecule has 11 heteroatoms. The van der Waals surface area contributed by atoms with Crippen molar-refractivity contribution in [3.8, 4) is 0 Å². The Balaban J connectivity index is 1.46.